The number of rotatable bonds is 5. The lowest BCUT2D eigenvalue weighted by molar-refractivity contribution is 0.588. The van der Waals surface area contributed by atoms with Gasteiger partial charge in [-0.1, -0.05) is 6.07 Å². The number of sulfonamides is 1. The topological polar surface area (TPSA) is 75.4 Å². The molecule has 0 amide bonds. The number of hydrogen-bond donors (Lipinski definition) is 2. The Kier molecular flexibility index (Phi) is 4.32. The molecule has 2 rings (SSSR count). The minimum atomic E-state index is -3.51. The zero-order chi connectivity index (χ0) is 14.8. The summed E-state index contributed by atoms with van der Waals surface area (Å²) < 4.78 is 25.8. The lowest BCUT2D eigenvalue weighted by atomic mass is 10.2. The van der Waals surface area contributed by atoms with Gasteiger partial charge in [0, 0.05) is 17.6 Å². The van der Waals surface area contributed by atoms with Crippen molar-refractivity contribution in [3.8, 4) is 0 Å². The average Bonchev–Trinajstić information content (AvgIpc) is 2.91. The van der Waals surface area contributed by atoms with Crippen molar-refractivity contribution in [3.05, 3.63) is 40.6 Å². The van der Waals surface area contributed by atoms with Gasteiger partial charge in [0.15, 0.2) is 0 Å². The maximum absolute atomic E-state index is 11.8. The van der Waals surface area contributed by atoms with Gasteiger partial charge in [-0.15, -0.1) is 11.3 Å². The first-order valence-electron chi connectivity index (χ1n) is 6.00. The van der Waals surface area contributed by atoms with Crippen LogP contribution in [0.2, 0.25) is 0 Å². The molecule has 0 aliphatic carbocycles. The van der Waals surface area contributed by atoms with E-state index in [2.05, 4.69) is 10.8 Å². The van der Waals surface area contributed by atoms with Crippen LogP contribution < -0.4 is 15.4 Å². The number of nitrogens with two attached hydrogens (primary N) is 1. The smallest absolute Gasteiger partial charge is 0.242 e. The van der Waals surface area contributed by atoms with Gasteiger partial charge < -0.3 is 10.6 Å². The van der Waals surface area contributed by atoms with Gasteiger partial charge in [-0.2, -0.15) is 0 Å². The first kappa shape index (κ1) is 14.8. The maximum Gasteiger partial charge on any atom is 0.242 e. The molecule has 0 radical (unpaired) electrons. The minimum absolute atomic E-state index is 0.105. The number of nitrogen functional groups attached to an aromatic ring is 1. The van der Waals surface area contributed by atoms with E-state index < -0.39 is 10.0 Å². The summed E-state index contributed by atoms with van der Waals surface area (Å²) in [5.74, 6) is 0. The quantitative estimate of drug-likeness (QED) is 0.827. The molecular weight excluding hydrogens is 294 g/mol. The number of hydrogen-bond acceptors (Lipinski definition) is 5. The molecule has 0 unspecified atom stereocenters. The molecule has 20 heavy (non-hydrogen) atoms. The lowest BCUT2D eigenvalue weighted by Gasteiger charge is -2.19. The second kappa shape index (κ2) is 5.82. The monoisotopic (exact) mass is 311 g/mol. The molecule has 1 heterocycles. The van der Waals surface area contributed by atoms with E-state index in [0.717, 1.165) is 12.2 Å². The number of thiophene rings is 1. The Labute approximate surface area is 123 Å². The summed E-state index contributed by atoms with van der Waals surface area (Å²) in [6, 6.07) is 9.03. The highest BCUT2D eigenvalue weighted by atomic mass is 32.2. The van der Waals surface area contributed by atoms with Crippen LogP contribution in [0.1, 0.15) is 4.88 Å². The molecule has 0 spiro atoms. The van der Waals surface area contributed by atoms with Crippen LogP contribution in [0.3, 0.4) is 0 Å². The Morgan fingerprint density at radius 3 is 2.65 bits per heavy atom. The SMILES string of the molecule is CNS(=O)(=O)c1ccc(N(C)Cc2cccs2)cc1N. The molecule has 1 aromatic carbocycles. The van der Waals surface area contributed by atoms with E-state index in [1.54, 1.807) is 23.5 Å². The molecule has 0 aliphatic heterocycles. The standard InChI is InChI=1S/C13H17N3O2S2/c1-15-20(17,18)13-6-5-10(8-12(13)14)16(2)9-11-4-3-7-19-11/h3-8,15H,9,14H2,1-2H3. The third kappa shape index (κ3) is 3.12. The molecule has 0 atom stereocenters. The van der Waals surface area contributed by atoms with E-state index >= 15 is 0 Å². The highest BCUT2D eigenvalue weighted by Crippen LogP contribution is 2.25. The summed E-state index contributed by atoms with van der Waals surface area (Å²) in [5.41, 5.74) is 6.98. The van der Waals surface area contributed by atoms with E-state index in [9.17, 15) is 8.42 Å². The Hall–Kier alpha value is -1.57. The van der Waals surface area contributed by atoms with Crippen molar-refractivity contribution in [2.75, 3.05) is 24.7 Å². The van der Waals surface area contributed by atoms with Gasteiger partial charge in [-0.05, 0) is 36.7 Å². The molecule has 108 valence electrons. The molecule has 5 nitrogen and oxygen atoms in total. The van der Waals surface area contributed by atoms with Crippen molar-refractivity contribution in [3.63, 3.8) is 0 Å². The normalized spacial score (nSPS) is 11.5. The molecule has 0 bridgehead atoms. The van der Waals surface area contributed by atoms with Gasteiger partial charge in [-0.3, -0.25) is 0 Å². The van der Waals surface area contributed by atoms with Gasteiger partial charge in [0.1, 0.15) is 4.90 Å². The lowest BCUT2D eigenvalue weighted by Crippen LogP contribution is -2.21. The molecular formula is C13H17N3O2S2. The number of nitrogens with one attached hydrogen (secondary N) is 1. The summed E-state index contributed by atoms with van der Waals surface area (Å²) in [4.78, 5) is 3.36. The van der Waals surface area contributed by atoms with E-state index in [-0.39, 0.29) is 10.6 Å². The van der Waals surface area contributed by atoms with E-state index in [4.69, 9.17) is 5.73 Å². The summed E-state index contributed by atoms with van der Waals surface area (Å²) in [5, 5.41) is 2.03. The molecule has 7 heteroatoms. The fraction of sp³-hybridized carbons (Fsp3) is 0.231. The van der Waals surface area contributed by atoms with Crippen molar-refractivity contribution in [1.29, 1.82) is 0 Å². The second-order valence-corrected chi connectivity index (χ2v) is 7.25. The number of nitrogens with zero attached hydrogens (tertiary/aromatic N) is 1. The van der Waals surface area contributed by atoms with E-state index in [1.807, 2.05) is 23.4 Å². The molecule has 0 aliphatic rings. The zero-order valence-electron chi connectivity index (χ0n) is 11.3. The Balaban J connectivity index is 2.25. The third-order valence-corrected chi connectivity index (χ3v) is 5.31. The fourth-order valence-corrected chi connectivity index (χ4v) is 3.45. The Morgan fingerprint density at radius 1 is 1.35 bits per heavy atom. The van der Waals surface area contributed by atoms with Crippen LogP contribution in [0, 0.1) is 0 Å². The molecule has 1 aromatic heterocycles. The first-order chi connectivity index (χ1) is 9.44. The van der Waals surface area contributed by atoms with Crippen LogP contribution >= 0.6 is 11.3 Å². The predicted molar refractivity (Wildman–Crippen MR) is 83.5 cm³/mol. The summed E-state index contributed by atoms with van der Waals surface area (Å²) in [7, 11) is -0.201. The van der Waals surface area contributed by atoms with Crippen molar-refractivity contribution < 1.29 is 8.42 Å². The molecule has 0 saturated heterocycles. The zero-order valence-corrected chi connectivity index (χ0v) is 13.0. The predicted octanol–water partition coefficient (Wildman–Crippen LogP) is 1.87. The summed E-state index contributed by atoms with van der Waals surface area (Å²) >= 11 is 1.68. The van der Waals surface area contributed by atoms with Crippen LogP contribution in [0.25, 0.3) is 0 Å². The minimum Gasteiger partial charge on any atom is -0.398 e. The fourth-order valence-electron chi connectivity index (χ4n) is 1.86. The van der Waals surface area contributed by atoms with Gasteiger partial charge in [-0.25, -0.2) is 13.1 Å². The van der Waals surface area contributed by atoms with Crippen molar-refractivity contribution in [2.24, 2.45) is 0 Å². The first-order valence-corrected chi connectivity index (χ1v) is 8.37. The van der Waals surface area contributed by atoms with Crippen LogP contribution in [0.5, 0.6) is 0 Å². The van der Waals surface area contributed by atoms with E-state index in [1.165, 1.54) is 18.0 Å². The van der Waals surface area contributed by atoms with Crippen LogP contribution in [-0.2, 0) is 16.6 Å². The van der Waals surface area contributed by atoms with Crippen LogP contribution in [0.4, 0.5) is 11.4 Å². The van der Waals surface area contributed by atoms with E-state index in [0.29, 0.717) is 0 Å². The Morgan fingerprint density at radius 2 is 2.10 bits per heavy atom. The largest absolute Gasteiger partial charge is 0.398 e. The highest BCUT2D eigenvalue weighted by molar-refractivity contribution is 7.89. The van der Waals surface area contributed by atoms with Crippen LogP contribution in [-0.4, -0.2) is 22.5 Å². The average molecular weight is 311 g/mol. The van der Waals surface area contributed by atoms with Gasteiger partial charge in [0.05, 0.1) is 12.2 Å². The molecule has 2 aromatic rings. The number of benzene rings is 1. The molecule has 0 saturated carbocycles. The van der Waals surface area contributed by atoms with Gasteiger partial charge in [0.25, 0.3) is 0 Å². The van der Waals surface area contributed by atoms with Crippen LogP contribution in [0.15, 0.2) is 40.6 Å². The Bertz CT molecular complexity index is 682. The van der Waals surface area contributed by atoms with Crippen molar-refractivity contribution in [2.45, 2.75) is 11.4 Å². The van der Waals surface area contributed by atoms with Gasteiger partial charge >= 0.3 is 0 Å². The third-order valence-electron chi connectivity index (χ3n) is 2.97. The molecule has 3 N–H and O–H groups in total. The molecule has 0 fully saturated rings. The van der Waals surface area contributed by atoms with Crippen molar-refractivity contribution in [1.82, 2.24) is 4.72 Å². The summed E-state index contributed by atoms with van der Waals surface area (Å²) in [6.45, 7) is 0.759. The maximum atomic E-state index is 11.8. The van der Waals surface area contributed by atoms with Gasteiger partial charge in [0.2, 0.25) is 10.0 Å². The highest BCUT2D eigenvalue weighted by Gasteiger charge is 2.16. The second-order valence-electron chi connectivity index (χ2n) is 4.37. The number of anilines is 2. The summed E-state index contributed by atoms with van der Waals surface area (Å²) in [6.07, 6.45) is 0. The van der Waals surface area contributed by atoms with Crippen molar-refractivity contribution >= 4 is 32.7 Å².